The third-order valence-corrected chi connectivity index (χ3v) is 1.28. The van der Waals surface area contributed by atoms with Gasteiger partial charge < -0.3 is 4.84 Å². The van der Waals surface area contributed by atoms with Gasteiger partial charge in [-0.15, -0.1) is 0 Å². The van der Waals surface area contributed by atoms with Gasteiger partial charge in [0.1, 0.15) is 18.1 Å². The molecule has 0 aliphatic rings. The van der Waals surface area contributed by atoms with Crippen LogP contribution in [0, 0.1) is 5.82 Å². The number of hydrogen-bond donors (Lipinski definition) is 0. The molecule has 69 valence electrons. The molecule has 0 unspecified atom stereocenters. The first kappa shape index (κ1) is 9.71. The number of benzene rings is 1. The monoisotopic (exact) mass is 180 g/mol. The van der Waals surface area contributed by atoms with Crippen molar-refractivity contribution in [1.82, 2.24) is 0 Å². The first-order chi connectivity index (χ1) is 6.18. The largest absolute Gasteiger partial charge is 0.393 e. The van der Waals surface area contributed by atoms with Crippen molar-refractivity contribution in [2.24, 2.45) is 5.16 Å². The molecule has 0 amide bonds. The Labute approximate surface area is 77.0 Å². The van der Waals surface area contributed by atoms with Gasteiger partial charge in [-0.3, -0.25) is 0 Å². The molecule has 0 aromatic heterocycles. The van der Waals surface area contributed by atoms with Crippen LogP contribution in [-0.4, -0.2) is 12.3 Å². The lowest BCUT2D eigenvalue weighted by Gasteiger charge is -1.99. The minimum Gasteiger partial charge on any atom is -0.393 e. The number of halogens is 1. The maximum Gasteiger partial charge on any atom is 0.139 e. The van der Waals surface area contributed by atoms with Gasteiger partial charge in [-0.25, -0.2) is 4.39 Å². The molecule has 1 aromatic rings. The highest BCUT2D eigenvalue weighted by molar-refractivity contribution is 5.78. The Balaban J connectivity index is 2.54. The Bertz CT molecular complexity index is 279. The molecule has 0 fully saturated rings. The summed E-state index contributed by atoms with van der Waals surface area (Å²) in [5.41, 5.74) is 0.696. The van der Waals surface area contributed by atoms with Gasteiger partial charge in [-0.2, -0.15) is 0 Å². The molecule has 0 spiro atoms. The molecule has 0 bridgehead atoms. The van der Waals surface area contributed by atoms with Crippen molar-refractivity contribution in [2.75, 3.05) is 0 Å². The highest BCUT2D eigenvalue weighted by Crippen LogP contribution is 2.00. The molecule has 1 rings (SSSR count). The molecule has 0 atom stereocenters. The van der Waals surface area contributed by atoms with Crippen molar-refractivity contribution in [1.29, 1.82) is 0 Å². The van der Waals surface area contributed by atoms with Gasteiger partial charge in [0.15, 0.2) is 0 Å². The number of nitrogens with zero attached hydrogens (tertiary/aromatic N) is 1. The Morgan fingerprint density at radius 3 is 2.46 bits per heavy atom. The van der Waals surface area contributed by atoms with Crippen LogP contribution in [0.2, 0.25) is 0 Å². The molecule has 0 saturated carbocycles. The van der Waals surface area contributed by atoms with E-state index in [1.54, 1.807) is 12.1 Å². The van der Waals surface area contributed by atoms with Crippen molar-refractivity contribution in [3.05, 3.63) is 35.6 Å². The smallest absolute Gasteiger partial charge is 0.139 e. The van der Waals surface area contributed by atoms with E-state index in [1.165, 1.54) is 12.1 Å². The van der Waals surface area contributed by atoms with E-state index >= 15 is 0 Å². The fraction of sp³-hybridized carbons (Fsp3) is 0.300. The van der Waals surface area contributed by atoms with Crippen LogP contribution in [0.5, 0.6) is 0 Å². The zero-order valence-corrected chi connectivity index (χ0v) is 7.62. The molecule has 0 N–H and O–H groups in total. The molecule has 0 saturated heterocycles. The zero-order valence-electron chi connectivity index (χ0n) is 7.62. The normalized spacial score (nSPS) is 11.1. The van der Waals surface area contributed by atoms with Crippen molar-refractivity contribution >= 4 is 6.21 Å². The van der Waals surface area contributed by atoms with Crippen LogP contribution in [0.1, 0.15) is 19.4 Å². The Hall–Kier alpha value is -1.38. The number of rotatable bonds is 3. The third kappa shape index (κ3) is 3.69. The predicted molar refractivity (Wildman–Crippen MR) is 49.2 cm³/mol. The third-order valence-electron chi connectivity index (χ3n) is 1.28. The molecule has 0 heterocycles. The average Bonchev–Trinajstić information content (AvgIpc) is 2.08. The standard InChI is InChI=1S/C10H11FNO/c1-8(2)13-12-7-9-3-5-10(11)6-4-9/h3-6,8H,1-2H3. The van der Waals surface area contributed by atoms with Gasteiger partial charge >= 0.3 is 0 Å². The van der Waals surface area contributed by atoms with Crippen LogP contribution in [0.3, 0.4) is 0 Å². The van der Waals surface area contributed by atoms with E-state index < -0.39 is 0 Å². The molecule has 3 heteroatoms. The minimum atomic E-state index is -0.268. The second-order valence-electron chi connectivity index (χ2n) is 2.86. The van der Waals surface area contributed by atoms with Crippen molar-refractivity contribution < 1.29 is 9.23 Å². The predicted octanol–water partition coefficient (Wildman–Crippen LogP) is 2.46. The van der Waals surface area contributed by atoms with Gasteiger partial charge in [-0.1, -0.05) is 5.16 Å². The lowest BCUT2D eigenvalue weighted by atomic mass is 10.2. The van der Waals surface area contributed by atoms with Crippen LogP contribution in [0.4, 0.5) is 4.39 Å². The first-order valence-electron chi connectivity index (χ1n) is 4.06. The quantitative estimate of drug-likeness (QED) is 0.517. The van der Waals surface area contributed by atoms with Gasteiger partial charge in [0.25, 0.3) is 0 Å². The van der Waals surface area contributed by atoms with E-state index in [2.05, 4.69) is 11.4 Å². The summed E-state index contributed by atoms with van der Waals surface area (Å²) in [7, 11) is 0. The topological polar surface area (TPSA) is 21.6 Å². The van der Waals surface area contributed by atoms with E-state index in [1.807, 2.05) is 13.8 Å². The van der Waals surface area contributed by atoms with Crippen LogP contribution in [-0.2, 0) is 4.84 Å². The van der Waals surface area contributed by atoms with E-state index in [0.29, 0.717) is 5.56 Å². The van der Waals surface area contributed by atoms with E-state index in [0.717, 1.165) is 0 Å². The highest BCUT2D eigenvalue weighted by Gasteiger charge is 1.91. The minimum absolute atomic E-state index is 0.0351. The summed E-state index contributed by atoms with van der Waals surface area (Å²) in [4.78, 5) is 4.90. The molecule has 0 aliphatic heterocycles. The average molecular weight is 180 g/mol. The van der Waals surface area contributed by atoms with E-state index in [-0.39, 0.29) is 11.9 Å². The van der Waals surface area contributed by atoms with Gasteiger partial charge in [0, 0.05) is 5.56 Å². The van der Waals surface area contributed by atoms with Crippen LogP contribution < -0.4 is 0 Å². The fourth-order valence-electron chi connectivity index (χ4n) is 0.709. The number of hydrogen-bond acceptors (Lipinski definition) is 2. The maximum atomic E-state index is 12.4. The second kappa shape index (κ2) is 4.60. The van der Waals surface area contributed by atoms with E-state index in [4.69, 9.17) is 4.84 Å². The molecule has 13 heavy (non-hydrogen) atoms. The SMILES string of the molecule is CC(C)O/N=[C]/c1ccc(F)cc1. The Morgan fingerprint density at radius 1 is 1.31 bits per heavy atom. The van der Waals surface area contributed by atoms with Gasteiger partial charge in [0.05, 0.1) is 0 Å². The van der Waals surface area contributed by atoms with Gasteiger partial charge in [-0.05, 0) is 38.1 Å². The van der Waals surface area contributed by atoms with Gasteiger partial charge in [0.2, 0.25) is 0 Å². The molecular formula is C10H11FNO. The highest BCUT2D eigenvalue weighted by atomic mass is 19.1. The fourth-order valence-corrected chi connectivity index (χ4v) is 0.709. The van der Waals surface area contributed by atoms with Crippen LogP contribution in [0.25, 0.3) is 0 Å². The summed E-state index contributed by atoms with van der Waals surface area (Å²) < 4.78 is 12.4. The first-order valence-corrected chi connectivity index (χ1v) is 4.06. The lowest BCUT2D eigenvalue weighted by molar-refractivity contribution is 0.0874. The summed E-state index contributed by atoms with van der Waals surface area (Å²) in [5, 5.41) is 3.60. The molecule has 1 radical (unpaired) electrons. The lowest BCUT2D eigenvalue weighted by Crippen LogP contribution is -1.96. The Kier molecular flexibility index (Phi) is 3.43. The van der Waals surface area contributed by atoms with Crippen molar-refractivity contribution in [3.63, 3.8) is 0 Å². The zero-order chi connectivity index (χ0) is 9.68. The summed E-state index contributed by atoms with van der Waals surface area (Å²) in [6, 6.07) is 5.88. The summed E-state index contributed by atoms with van der Waals surface area (Å²) in [5.74, 6) is -0.268. The molecular weight excluding hydrogens is 169 g/mol. The Morgan fingerprint density at radius 2 is 1.92 bits per heavy atom. The summed E-state index contributed by atoms with van der Waals surface area (Å²) in [6.07, 6.45) is 2.67. The second-order valence-corrected chi connectivity index (χ2v) is 2.86. The molecule has 0 aliphatic carbocycles. The van der Waals surface area contributed by atoms with Crippen molar-refractivity contribution in [3.8, 4) is 0 Å². The van der Waals surface area contributed by atoms with Crippen LogP contribution in [0.15, 0.2) is 29.4 Å². The summed E-state index contributed by atoms with van der Waals surface area (Å²) in [6.45, 7) is 3.74. The van der Waals surface area contributed by atoms with Crippen molar-refractivity contribution in [2.45, 2.75) is 20.0 Å². The maximum absolute atomic E-state index is 12.4. The van der Waals surface area contributed by atoms with E-state index in [9.17, 15) is 4.39 Å². The van der Waals surface area contributed by atoms with Crippen LogP contribution >= 0.6 is 0 Å². The summed E-state index contributed by atoms with van der Waals surface area (Å²) >= 11 is 0. The molecule has 1 aromatic carbocycles. The molecule has 2 nitrogen and oxygen atoms in total.